The Morgan fingerprint density at radius 3 is 2.62 bits per heavy atom. The molecule has 2 aromatic heterocycles. The Morgan fingerprint density at radius 1 is 1.21 bits per heavy atom. The minimum atomic E-state index is -1.28. The number of carbonyl (C=O) groups is 4. The molecule has 262 valence electrons. The van der Waals surface area contributed by atoms with E-state index in [9.17, 15) is 19.2 Å². The van der Waals surface area contributed by atoms with Gasteiger partial charge in [-0.15, -0.1) is 53.0 Å². The zero-order valence-electron chi connectivity index (χ0n) is 26.4. The standard InChI is InChI=1S/C26H37N9O7S3.2ClH/c1-14(2)6-9-40-26(39)42-15(3)41-23(38)20-16(12-45-25-30-31-32-34(25)8-7-33(4)5)11-43-22-19(21(37)35(20)22)29-18(36)10-17-13-44-24(27)28-17;;/h13-15,19,22H,6-12H2,1-5H3,(H2,27,28)(H,29,36);2*1H/t15?,19-,22-;;/m1../s1. The summed E-state index contributed by atoms with van der Waals surface area (Å²) < 4.78 is 17.3. The van der Waals surface area contributed by atoms with Crippen molar-refractivity contribution in [1.82, 2.24) is 40.3 Å². The number of hydrogen-bond donors (Lipinski definition) is 2. The smallest absolute Gasteiger partial charge is 0.434 e. The van der Waals surface area contributed by atoms with Gasteiger partial charge in [0.2, 0.25) is 17.4 Å². The predicted octanol–water partition coefficient (Wildman–Crippen LogP) is 2.19. The van der Waals surface area contributed by atoms with Crippen LogP contribution in [-0.2, 0) is 41.6 Å². The van der Waals surface area contributed by atoms with Gasteiger partial charge in [-0.05, 0) is 42.4 Å². The number of anilines is 1. The number of esters is 1. The SMILES string of the molecule is CC(C)CCOC(=O)OC(C)OC(=O)C1=C(CSc2nnnn2CCN(C)C)CS[C@@H]2[C@H](NC(=O)Cc3csc(N)n3)C(=O)N12.Cl.Cl. The van der Waals surface area contributed by atoms with Crippen molar-refractivity contribution < 1.29 is 33.4 Å². The predicted molar refractivity (Wildman–Crippen MR) is 181 cm³/mol. The number of nitrogen functional groups attached to an aromatic ring is 1. The Labute approximate surface area is 297 Å². The number of nitrogens with two attached hydrogens (primary N) is 1. The number of ether oxygens (including phenoxy) is 3. The van der Waals surface area contributed by atoms with E-state index >= 15 is 0 Å². The van der Waals surface area contributed by atoms with Crippen LogP contribution in [0.3, 0.4) is 0 Å². The fourth-order valence-electron chi connectivity index (χ4n) is 4.24. The molecule has 3 atom stereocenters. The Balaban J connectivity index is 0.00000384. The van der Waals surface area contributed by atoms with E-state index in [1.54, 1.807) is 10.1 Å². The number of nitrogens with zero attached hydrogens (tertiary/aromatic N) is 7. The molecule has 1 unspecified atom stereocenters. The normalized spacial score (nSPS) is 17.7. The Kier molecular flexibility index (Phi) is 16.0. The van der Waals surface area contributed by atoms with E-state index < -0.39 is 41.6 Å². The highest BCUT2D eigenvalue weighted by Gasteiger charge is 2.54. The van der Waals surface area contributed by atoms with Crippen LogP contribution in [-0.4, -0.2) is 115 Å². The van der Waals surface area contributed by atoms with Gasteiger partial charge in [-0.2, -0.15) is 0 Å². The first-order valence-electron chi connectivity index (χ1n) is 14.2. The number of carbonyl (C=O) groups excluding carboxylic acids is 4. The van der Waals surface area contributed by atoms with Gasteiger partial charge in [0.25, 0.3) is 5.91 Å². The van der Waals surface area contributed by atoms with Crippen molar-refractivity contribution >= 4 is 88.7 Å². The summed E-state index contributed by atoms with van der Waals surface area (Å²) in [5.41, 5.74) is 6.80. The van der Waals surface area contributed by atoms with Crippen molar-refractivity contribution in [3.05, 3.63) is 22.3 Å². The van der Waals surface area contributed by atoms with Crippen LogP contribution in [0.4, 0.5) is 9.93 Å². The average Bonchev–Trinajstić information content (AvgIpc) is 3.60. The maximum absolute atomic E-state index is 13.5. The lowest BCUT2D eigenvalue weighted by Gasteiger charge is -2.49. The van der Waals surface area contributed by atoms with Gasteiger partial charge in [-0.25, -0.2) is 19.3 Å². The number of β-lactam (4-membered cyclic amide) rings is 1. The van der Waals surface area contributed by atoms with Crippen LogP contribution < -0.4 is 11.1 Å². The number of likely N-dealkylation sites (N-methyl/N-ethyl adjacent to an activating group) is 1. The number of nitrogens with one attached hydrogen (secondary N) is 1. The van der Waals surface area contributed by atoms with Crippen LogP contribution >= 0.6 is 59.7 Å². The third-order valence-electron chi connectivity index (χ3n) is 6.55. The van der Waals surface area contributed by atoms with Gasteiger partial charge in [0.05, 0.1) is 25.3 Å². The molecule has 21 heteroatoms. The van der Waals surface area contributed by atoms with Gasteiger partial charge in [-0.1, -0.05) is 25.6 Å². The molecule has 0 aromatic carbocycles. The lowest BCUT2D eigenvalue weighted by Crippen LogP contribution is -2.70. The number of amides is 2. The van der Waals surface area contributed by atoms with E-state index in [0.29, 0.717) is 46.2 Å². The summed E-state index contributed by atoms with van der Waals surface area (Å²) in [6, 6.07) is -0.849. The second-order valence-electron chi connectivity index (χ2n) is 10.9. The van der Waals surface area contributed by atoms with E-state index in [1.165, 1.54) is 46.7 Å². The number of tetrazole rings is 1. The van der Waals surface area contributed by atoms with Gasteiger partial charge in [0, 0.05) is 30.4 Å². The molecule has 2 aliphatic heterocycles. The number of aromatic nitrogens is 5. The third-order valence-corrected chi connectivity index (χ3v) is 9.66. The van der Waals surface area contributed by atoms with Crippen LogP contribution in [0.25, 0.3) is 0 Å². The summed E-state index contributed by atoms with van der Waals surface area (Å²) in [5.74, 6) is -0.722. The fraction of sp³-hybridized carbons (Fsp3) is 0.615. The molecule has 0 radical (unpaired) electrons. The molecule has 1 saturated heterocycles. The quantitative estimate of drug-likeness (QED) is 0.116. The molecule has 4 rings (SSSR count). The van der Waals surface area contributed by atoms with Crippen molar-refractivity contribution in [2.75, 3.05) is 44.5 Å². The van der Waals surface area contributed by atoms with Crippen LogP contribution in [0.1, 0.15) is 32.9 Å². The summed E-state index contributed by atoms with van der Waals surface area (Å²) in [4.78, 5) is 59.1. The third kappa shape index (κ3) is 11.1. The monoisotopic (exact) mass is 755 g/mol. The number of fused-ring (bicyclic) bond motifs is 1. The molecule has 0 aliphatic carbocycles. The lowest BCUT2D eigenvalue weighted by molar-refractivity contribution is -0.169. The molecule has 0 bridgehead atoms. The van der Waals surface area contributed by atoms with Crippen molar-refractivity contribution in [2.45, 2.75) is 63.0 Å². The molecule has 4 heterocycles. The first-order chi connectivity index (χ1) is 21.4. The highest BCUT2D eigenvalue weighted by molar-refractivity contribution is 8.01. The number of thioether (sulfide) groups is 2. The molecule has 0 saturated carbocycles. The summed E-state index contributed by atoms with van der Waals surface area (Å²) in [6.07, 6.45) is -1.63. The highest BCUT2D eigenvalue weighted by Crippen LogP contribution is 2.42. The van der Waals surface area contributed by atoms with Crippen molar-refractivity contribution in [2.24, 2.45) is 5.92 Å². The maximum atomic E-state index is 13.5. The Morgan fingerprint density at radius 2 is 1.96 bits per heavy atom. The summed E-state index contributed by atoms with van der Waals surface area (Å²) >= 11 is 3.95. The first kappa shape index (κ1) is 40.3. The molecule has 0 spiro atoms. The topological polar surface area (TPSA) is 197 Å². The van der Waals surface area contributed by atoms with Gasteiger partial charge < -0.3 is 30.2 Å². The largest absolute Gasteiger partial charge is 0.511 e. The minimum absolute atomic E-state index is 0. The second kappa shape index (κ2) is 18.6. The first-order valence-corrected chi connectivity index (χ1v) is 17.1. The molecule has 2 aliphatic rings. The van der Waals surface area contributed by atoms with Crippen molar-refractivity contribution in [3.63, 3.8) is 0 Å². The number of halogens is 2. The van der Waals surface area contributed by atoms with Crippen LogP contribution in [0.2, 0.25) is 0 Å². The van der Waals surface area contributed by atoms with E-state index in [0.717, 1.165) is 6.54 Å². The zero-order valence-corrected chi connectivity index (χ0v) is 30.5. The van der Waals surface area contributed by atoms with Crippen molar-refractivity contribution in [3.8, 4) is 0 Å². The minimum Gasteiger partial charge on any atom is -0.434 e. The van der Waals surface area contributed by atoms with Gasteiger partial charge in [0.15, 0.2) is 5.13 Å². The van der Waals surface area contributed by atoms with E-state index in [-0.39, 0.29) is 49.3 Å². The molecular formula is C26H39Cl2N9O7S3. The number of hydrogen-bond acceptors (Lipinski definition) is 16. The van der Waals surface area contributed by atoms with Gasteiger partial charge >= 0.3 is 12.1 Å². The molecule has 3 N–H and O–H groups in total. The second-order valence-corrected chi connectivity index (χ2v) is 13.8. The Bertz CT molecular complexity index is 1430. The van der Waals surface area contributed by atoms with Crippen LogP contribution in [0, 0.1) is 5.92 Å². The summed E-state index contributed by atoms with van der Waals surface area (Å²) in [6.45, 7) is 6.83. The molecular weight excluding hydrogens is 717 g/mol. The molecule has 2 aromatic rings. The summed E-state index contributed by atoms with van der Waals surface area (Å²) in [5, 5.41) is 16.7. The maximum Gasteiger partial charge on any atom is 0.511 e. The molecule has 16 nitrogen and oxygen atoms in total. The van der Waals surface area contributed by atoms with Crippen LogP contribution in [0.5, 0.6) is 0 Å². The van der Waals surface area contributed by atoms with Gasteiger partial charge in [-0.3, -0.25) is 14.5 Å². The molecule has 47 heavy (non-hydrogen) atoms. The van der Waals surface area contributed by atoms with Crippen molar-refractivity contribution in [1.29, 1.82) is 0 Å². The van der Waals surface area contributed by atoms with Crippen LogP contribution in [0.15, 0.2) is 21.8 Å². The van der Waals surface area contributed by atoms with E-state index in [2.05, 4.69) is 25.8 Å². The molecule has 1 fully saturated rings. The highest BCUT2D eigenvalue weighted by atomic mass is 35.5. The van der Waals surface area contributed by atoms with Gasteiger partial charge in [0.1, 0.15) is 17.1 Å². The number of thiazole rings is 1. The lowest BCUT2D eigenvalue weighted by atomic mass is 10.0. The van der Waals surface area contributed by atoms with E-state index in [4.69, 9.17) is 19.9 Å². The molecule has 2 amide bonds. The Hall–Kier alpha value is -2.84. The average molecular weight is 757 g/mol. The summed E-state index contributed by atoms with van der Waals surface area (Å²) in [7, 11) is 3.89. The van der Waals surface area contributed by atoms with E-state index in [1.807, 2.05) is 32.8 Å². The fourth-order valence-corrected chi connectivity index (χ4v) is 7.19. The zero-order chi connectivity index (χ0) is 32.7. The number of rotatable bonds is 15.